The van der Waals surface area contributed by atoms with Gasteiger partial charge in [-0.15, -0.1) is 0 Å². The average Bonchev–Trinajstić information content (AvgIpc) is 2.58. The molecular formula is C16H16Cl2N2O3S. The van der Waals surface area contributed by atoms with Crippen molar-refractivity contribution in [2.24, 2.45) is 0 Å². The van der Waals surface area contributed by atoms with Crippen LogP contribution in [0.3, 0.4) is 0 Å². The van der Waals surface area contributed by atoms with E-state index in [1.807, 2.05) is 12.1 Å². The number of hydrogen-bond donors (Lipinski definition) is 1. The number of anilines is 2. The van der Waals surface area contributed by atoms with Gasteiger partial charge in [-0.2, -0.15) is 0 Å². The maximum Gasteiger partial charge on any atom is 0.261 e. The zero-order chi connectivity index (χ0) is 17.2. The molecule has 1 fully saturated rings. The molecule has 0 saturated carbocycles. The van der Waals surface area contributed by atoms with Crippen LogP contribution in [-0.4, -0.2) is 34.7 Å². The molecule has 0 aromatic heterocycles. The fourth-order valence-corrected chi connectivity index (χ4v) is 3.88. The largest absolute Gasteiger partial charge is 0.378 e. The Hall–Kier alpha value is -1.47. The predicted octanol–water partition coefficient (Wildman–Crippen LogP) is 3.63. The van der Waals surface area contributed by atoms with Crippen LogP contribution < -0.4 is 9.62 Å². The minimum Gasteiger partial charge on any atom is -0.378 e. The molecule has 0 atom stereocenters. The van der Waals surface area contributed by atoms with Crippen LogP contribution in [0, 0.1) is 0 Å². The number of hydrogen-bond acceptors (Lipinski definition) is 4. The summed E-state index contributed by atoms with van der Waals surface area (Å²) in [5, 5.41) is 0.506. The van der Waals surface area contributed by atoms with Crippen LogP contribution >= 0.6 is 23.2 Å². The second-order valence-corrected chi connectivity index (χ2v) is 7.83. The fraction of sp³-hybridized carbons (Fsp3) is 0.250. The number of sulfonamides is 1. The third-order valence-corrected chi connectivity index (χ3v) is 5.79. The number of rotatable bonds is 4. The van der Waals surface area contributed by atoms with Crippen LogP contribution in [0.4, 0.5) is 11.4 Å². The molecule has 1 saturated heterocycles. The van der Waals surface area contributed by atoms with Crippen molar-refractivity contribution in [1.82, 2.24) is 0 Å². The lowest BCUT2D eigenvalue weighted by Crippen LogP contribution is -2.36. The average molecular weight is 387 g/mol. The highest BCUT2D eigenvalue weighted by Crippen LogP contribution is 2.27. The summed E-state index contributed by atoms with van der Waals surface area (Å²) in [7, 11) is -3.74. The first kappa shape index (κ1) is 17.4. The molecule has 0 radical (unpaired) electrons. The van der Waals surface area contributed by atoms with Gasteiger partial charge in [-0.3, -0.25) is 4.72 Å². The predicted molar refractivity (Wildman–Crippen MR) is 96.7 cm³/mol. The van der Waals surface area contributed by atoms with E-state index in [0.29, 0.717) is 23.9 Å². The number of halogens is 2. The van der Waals surface area contributed by atoms with E-state index in [0.717, 1.165) is 18.8 Å². The van der Waals surface area contributed by atoms with Gasteiger partial charge in [-0.1, -0.05) is 29.3 Å². The molecule has 8 heteroatoms. The summed E-state index contributed by atoms with van der Waals surface area (Å²) in [6.45, 7) is 2.89. The lowest BCUT2D eigenvalue weighted by Gasteiger charge is -2.29. The van der Waals surface area contributed by atoms with Crippen LogP contribution in [0.15, 0.2) is 47.4 Å². The number of ether oxygens (including phenoxy) is 1. The Morgan fingerprint density at radius 1 is 1.00 bits per heavy atom. The Bertz CT molecular complexity index is 837. The number of nitrogens with zero attached hydrogens (tertiary/aromatic N) is 1. The fourth-order valence-electron chi connectivity index (χ4n) is 2.45. The van der Waals surface area contributed by atoms with Crippen LogP contribution in [0.5, 0.6) is 0 Å². The highest BCUT2D eigenvalue weighted by Gasteiger charge is 2.17. The number of morpholine rings is 1. The molecule has 5 nitrogen and oxygen atoms in total. The first-order chi connectivity index (χ1) is 11.5. The quantitative estimate of drug-likeness (QED) is 0.871. The van der Waals surface area contributed by atoms with E-state index in [4.69, 9.17) is 27.9 Å². The molecule has 24 heavy (non-hydrogen) atoms. The lowest BCUT2D eigenvalue weighted by molar-refractivity contribution is 0.122. The van der Waals surface area contributed by atoms with Crippen LogP contribution in [0.1, 0.15) is 0 Å². The number of nitrogens with one attached hydrogen (secondary N) is 1. The molecule has 0 bridgehead atoms. The van der Waals surface area contributed by atoms with Gasteiger partial charge in [-0.25, -0.2) is 8.42 Å². The third-order valence-electron chi connectivity index (χ3n) is 3.68. The van der Waals surface area contributed by atoms with Gasteiger partial charge in [0.15, 0.2) is 0 Å². The SMILES string of the molecule is O=S(=O)(Nc1cccc(N2CCOCC2)c1)c1ccc(Cl)c(Cl)c1. The summed E-state index contributed by atoms with van der Waals surface area (Å²) in [5.41, 5.74) is 1.44. The van der Waals surface area contributed by atoms with Crippen LogP contribution in [-0.2, 0) is 14.8 Å². The van der Waals surface area contributed by atoms with Gasteiger partial charge in [0, 0.05) is 18.8 Å². The van der Waals surface area contributed by atoms with Gasteiger partial charge in [-0.05, 0) is 36.4 Å². The van der Waals surface area contributed by atoms with Gasteiger partial charge >= 0.3 is 0 Å². The Morgan fingerprint density at radius 3 is 2.46 bits per heavy atom. The van der Waals surface area contributed by atoms with Gasteiger partial charge in [0.2, 0.25) is 0 Å². The van der Waals surface area contributed by atoms with Gasteiger partial charge in [0.05, 0.1) is 33.8 Å². The number of benzene rings is 2. The zero-order valence-corrected chi connectivity index (χ0v) is 15.0. The molecule has 0 amide bonds. The molecular weight excluding hydrogens is 371 g/mol. The molecule has 0 aliphatic carbocycles. The normalized spacial score (nSPS) is 15.3. The van der Waals surface area contributed by atoms with Gasteiger partial charge in [0.1, 0.15) is 0 Å². The van der Waals surface area contributed by atoms with E-state index in [1.54, 1.807) is 12.1 Å². The van der Waals surface area contributed by atoms with Gasteiger partial charge in [0.25, 0.3) is 10.0 Å². The van der Waals surface area contributed by atoms with E-state index in [9.17, 15) is 8.42 Å². The van der Waals surface area contributed by atoms with Crippen molar-refractivity contribution in [3.8, 4) is 0 Å². The summed E-state index contributed by atoms with van der Waals surface area (Å²) in [5.74, 6) is 0. The second-order valence-electron chi connectivity index (χ2n) is 5.33. The molecule has 3 rings (SSSR count). The maximum absolute atomic E-state index is 12.5. The van der Waals surface area contributed by atoms with E-state index in [1.165, 1.54) is 18.2 Å². The molecule has 0 unspecified atom stereocenters. The zero-order valence-electron chi connectivity index (χ0n) is 12.7. The Balaban J connectivity index is 1.83. The Labute approximate surface area is 151 Å². The van der Waals surface area contributed by atoms with E-state index in [-0.39, 0.29) is 9.92 Å². The molecule has 1 aliphatic heterocycles. The highest BCUT2D eigenvalue weighted by atomic mass is 35.5. The first-order valence-corrected chi connectivity index (χ1v) is 9.60. The summed E-state index contributed by atoms with van der Waals surface area (Å²) < 4.78 is 32.9. The van der Waals surface area contributed by atoms with Crippen molar-refractivity contribution >= 4 is 44.6 Å². The van der Waals surface area contributed by atoms with E-state index < -0.39 is 10.0 Å². The molecule has 1 N–H and O–H groups in total. The summed E-state index contributed by atoms with van der Waals surface area (Å²) in [4.78, 5) is 2.22. The molecule has 1 aliphatic rings. The van der Waals surface area contributed by atoms with Crippen molar-refractivity contribution in [2.45, 2.75) is 4.90 Å². The Kier molecular flexibility index (Phi) is 5.20. The van der Waals surface area contributed by atoms with E-state index in [2.05, 4.69) is 9.62 Å². The minimum atomic E-state index is -3.74. The smallest absolute Gasteiger partial charge is 0.261 e. The summed E-state index contributed by atoms with van der Waals surface area (Å²) >= 11 is 11.7. The Morgan fingerprint density at radius 2 is 1.75 bits per heavy atom. The molecule has 0 spiro atoms. The lowest BCUT2D eigenvalue weighted by atomic mass is 10.2. The highest BCUT2D eigenvalue weighted by molar-refractivity contribution is 7.92. The second kappa shape index (κ2) is 7.19. The van der Waals surface area contributed by atoms with Gasteiger partial charge < -0.3 is 9.64 Å². The van der Waals surface area contributed by atoms with Crippen molar-refractivity contribution < 1.29 is 13.2 Å². The summed E-state index contributed by atoms with van der Waals surface area (Å²) in [6, 6.07) is 11.5. The molecule has 2 aromatic carbocycles. The van der Waals surface area contributed by atoms with Crippen molar-refractivity contribution in [2.75, 3.05) is 35.9 Å². The van der Waals surface area contributed by atoms with Crippen LogP contribution in [0.25, 0.3) is 0 Å². The minimum absolute atomic E-state index is 0.0636. The molecule has 2 aromatic rings. The third kappa shape index (κ3) is 3.95. The maximum atomic E-state index is 12.5. The van der Waals surface area contributed by atoms with Crippen molar-refractivity contribution in [3.05, 3.63) is 52.5 Å². The van der Waals surface area contributed by atoms with E-state index >= 15 is 0 Å². The standard InChI is InChI=1S/C16H16Cl2N2O3S/c17-15-5-4-14(11-16(15)18)24(21,22)19-12-2-1-3-13(10-12)20-6-8-23-9-7-20/h1-5,10-11,19H,6-9H2. The van der Waals surface area contributed by atoms with Crippen LogP contribution in [0.2, 0.25) is 10.0 Å². The monoisotopic (exact) mass is 386 g/mol. The first-order valence-electron chi connectivity index (χ1n) is 7.36. The summed E-state index contributed by atoms with van der Waals surface area (Å²) in [6.07, 6.45) is 0. The topological polar surface area (TPSA) is 58.6 Å². The molecule has 1 heterocycles. The van der Waals surface area contributed by atoms with Crippen molar-refractivity contribution in [1.29, 1.82) is 0 Å². The van der Waals surface area contributed by atoms with Crippen molar-refractivity contribution in [3.63, 3.8) is 0 Å². The molecule has 128 valence electrons.